The van der Waals surface area contributed by atoms with Crippen LogP contribution in [0.5, 0.6) is 5.75 Å². The van der Waals surface area contributed by atoms with Crippen molar-refractivity contribution in [2.24, 2.45) is 17.8 Å². The Morgan fingerprint density at radius 2 is 1.85 bits per heavy atom. The fourth-order valence-corrected chi connectivity index (χ4v) is 6.69. The zero-order valence-electron chi connectivity index (χ0n) is 23.7. The van der Waals surface area contributed by atoms with Crippen molar-refractivity contribution in [1.82, 2.24) is 9.80 Å². The first kappa shape index (κ1) is 29.1. The molecule has 1 aromatic carbocycles. The maximum Gasteiger partial charge on any atom is 0.410 e. The van der Waals surface area contributed by atoms with Gasteiger partial charge < -0.3 is 33.5 Å². The predicted molar refractivity (Wildman–Crippen MR) is 142 cm³/mol. The molecule has 4 rings (SSSR count). The lowest BCUT2D eigenvalue weighted by Gasteiger charge is -2.58. The number of hydrogen-bond donors (Lipinski definition) is 0. The van der Waals surface area contributed by atoms with E-state index in [1.807, 2.05) is 49.9 Å². The summed E-state index contributed by atoms with van der Waals surface area (Å²) in [6.07, 6.45) is 1.13. The van der Waals surface area contributed by atoms with Crippen molar-refractivity contribution in [2.45, 2.75) is 63.8 Å². The fraction of sp³-hybridized carbons (Fsp3) is 0.690. The molecule has 3 aliphatic rings. The number of hydrogen-bond acceptors (Lipinski definition) is 8. The van der Waals surface area contributed by atoms with Crippen LogP contribution in [-0.4, -0.2) is 86.4 Å². The quantitative estimate of drug-likeness (QED) is 0.308. The first-order valence-corrected chi connectivity index (χ1v) is 13.6. The average Bonchev–Trinajstić information content (AvgIpc) is 3.05. The van der Waals surface area contributed by atoms with Crippen molar-refractivity contribution in [3.8, 4) is 11.8 Å². The van der Waals surface area contributed by atoms with Gasteiger partial charge in [0.1, 0.15) is 18.1 Å². The highest BCUT2D eigenvalue weighted by atomic mass is 16.7. The largest absolute Gasteiger partial charge is 0.497 e. The van der Waals surface area contributed by atoms with Crippen LogP contribution in [0.15, 0.2) is 24.3 Å². The van der Waals surface area contributed by atoms with Gasteiger partial charge in [0.2, 0.25) is 5.91 Å². The minimum atomic E-state index is -0.762. The van der Waals surface area contributed by atoms with Gasteiger partial charge in [0.15, 0.2) is 0 Å². The van der Waals surface area contributed by atoms with Gasteiger partial charge in [-0.1, -0.05) is 12.1 Å². The van der Waals surface area contributed by atoms with Crippen molar-refractivity contribution >= 4 is 12.0 Å². The maximum absolute atomic E-state index is 14.0. The van der Waals surface area contributed by atoms with Crippen LogP contribution in [0.1, 0.15) is 45.6 Å². The second-order valence-corrected chi connectivity index (χ2v) is 11.5. The van der Waals surface area contributed by atoms with Crippen molar-refractivity contribution in [3.63, 3.8) is 0 Å². The molecule has 10 heteroatoms. The van der Waals surface area contributed by atoms with E-state index in [-0.39, 0.29) is 24.5 Å². The molecule has 10 nitrogen and oxygen atoms in total. The number of methoxy groups -OCH3 is 2. The summed E-state index contributed by atoms with van der Waals surface area (Å²) >= 11 is 0. The van der Waals surface area contributed by atoms with Crippen LogP contribution in [0.4, 0.5) is 4.79 Å². The SMILES string of the molecule is COCCOCOCC[C@]12[C@@H]3CCN(C(=O)OC(C)(C)C)[C@H]1C(C#N)C[C@H]3C(=O)N2Cc1ccc(OC)cc1. The Bertz CT molecular complexity index is 1050. The van der Waals surface area contributed by atoms with Gasteiger partial charge in [0.25, 0.3) is 0 Å². The van der Waals surface area contributed by atoms with E-state index >= 15 is 0 Å². The van der Waals surface area contributed by atoms with Crippen LogP contribution in [-0.2, 0) is 30.3 Å². The molecule has 0 N–H and O–H groups in total. The third-order valence-corrected chi connectivity index (χ3v) is 8.17. The van der Waals surface area contributed by atoms with Gasteiger partial charge >= 0.3 is 6.09 Å². The van der Waals surface area contributed by atoms with Crippen LogP contribution in [0.3, 0.4) is 0 Å². The van der Waals surface area contributed by atoms with E-state index in [1.165, 1.54) is 0 Å². The van der Waals surface area contributed by atoms with Crippen LogP contribution in [0, 0.1) is 29.1 Å². The Balaban J connectivity index is 1.68. The zero-order valence-corrected chi connectivity index (χ0v) is 23.7. The predicted octanol–water partition coefficient (Wildman–Crippen LogP) is 3.59. The summed E-state index contributed by atoms with van der Waals surface area (Å²) in [6, 6.07) is 9.60. The van der Waals surface area contributed by atoms with Crippen molar-refractivity contribution in [1.29, 1.82) is 5.26 Å². The van der Waals surface area contributed by atoms with Crippen LogP contribution >= 0.6 is 0 Å². The third-order valence-electron chi connectivity index (χ3n) is 8.17. The highest BCUT2D eigenvalue weighted by Crippen LogP contribution is 2.58. The van der Waals surface area contributed by atoms with Crippen molar-refractivity contribution in [2.75, 3.05) is 47.4 Å². The molecular formula is C29H41N3O7. The summed E-state index contributed by atoms with van der Waals surface area (Å²) in [5, 5.41) is 10.3. The molecule has 0 aromatic heterocycles. The van der Waals surface area contributed by atoms with E-state index in [1.54, 1.807) is 19.1 Å². The number of benzene rings is 1. The second kappa shape index (κ2) is 12.1. The van der Waals surface area contributed by atoms with Gasteiger partial charge in [-0.05, 0) is 63.6 Å². The molecule has 214 valence electrons. The topological polar surface area (TPSA) is 111 Å². The number of nitrogens with zero attached hydrogens (tertiary/aromatic N) is 3. The molecule has 0 spiro atoms. The summed E-state index contributed by atoms with van der Waals surface area (Å²) in [7, 11) is 3.22. The Labute approximate surface area is 231 Å². The van der Waals surface area contributed by atoms with E-state index < -0.39 is 29.2 Å². The molecule has 5 atom stereocenters. The molecule has 39 heavy (non-hydrogen) atoms. The van der Waals surface area contributed by atoms with Crippen molar-refractivity contribution < 1.29 is 33.3 Å². The van der Waals surface area contributed by atoms with Crippen LogP contribution in [0.2, 0.25) is 0 Å². The second-order valence-electron chi connectivity index (χ2n) is 11.5. The Morgan fingerprint density at radius 3 is 2.49 bits per heavy atom. The lowest BCUT2D eigenvalue weighted by Crippen LogP contribution is -2.71. The van der Waals surface area contributed by atoms with Gasteiger partial charge in [-0.15, -0.1) is 0 Å². The first-order chi connectivity index (χ1) is 18.7. The van der Waals surface area contributed by atoms with Gasteiger partial charge in [0, 0.05) is 26.1 Å². The number of ether oxygens (including phenoxy) is 5. The molecule has 1 aromatic rings. The number of rotatable bonds is 11. The maximum atomic E-state index is 14.0. The van der Waals surface area contributed by atoms with E-state index in [0.29, 0.717) is 52.2 Å². The first-order valence-electron chi connectivity index (χ1n) is 13.6. The van der Waals surface area contributed by atoms with Gasteiger partial charge in [-0.25, -0.2) is 4.79 Å². The summed E-state index contributed by atoms with van der Waals surface area (Å²) in [4.78, 5) is 31.2. The average molecular weight is 544 g/mol. The number of carbonyl (C=O) groups is 2. The zero-order chi connectivity index (χ0) is 28.2. The molecule has 1 saturated carbocycles. The molecule has 0 radical (unpaired) electrons. The summed E-state index contributed by atoms with van der Waals surface area (Å²) in [6.45, 7) is 7.62. The summed E-state index contributed by atoms with van der Waals surface area (Å²) in [5.41, 5.74) is -0.491. The lowest BCUT2D eigenvalue weighted by molar-refractivity contribution is -0.139. The Hall–Kier alpha value is -2.87. The van der Waals surface area contributed by atoms with Gasteiger partial charge in [0.05, 0.1) is 50.5 Å². The molecule has 3 fully saturated rings. The molecule has 2 amide bonds. The molecule has 1 aliphatic carbocycles. The Kier molecular flexibility index (Phi) is 9.04. The molecule has 1 unspecified atom stereocenters. The summed E-state index contributed by atoms with van der Waals surface area (Å²) < 4.78 is 27.4. The number of carbonyl (C=O) groups excluding carboxylic acids is 2. The number of piperidine rings is 1. The normalized spacial score (nSPS) is 27.8. The minimum absolute atomic E-state index is 0.00884. The van der Waals surface area contributed by atoms with Crippen LogP contribution in [0.25, 0.3) is 0 Å². The smallest absolute Gasteiger partial charge is 0.410 e. The minimum Gasteiger partial charge on any atom is -0.497 e. The highest BCUT2D eigenvalue weighted by Gasteiger charge is 2.70. The number of nitriles is 1. The third kappa shape index (κ3) is 5.86. The highest BCUT2D eigenvalue weighted by molar-refractivity contribution is 5.85. The molecule has 2 heterocycles. The number of likely N-dealkylation sites (tertiary alicyclic amines) is 2. The van der Waals surface area contributed by atoms with E-state index in [9.17, 15) is 14.9 Å². The monoisotopic (exact) mass is 543 g/mol. The van der Waals surface area contributed by atoms with Gasteiger partial charge in [-0.2, -0.15) is 5.26 Å². The van der Waals surface area contributed by atoms with Crippen molar-refractivity contribution in [3.05, 3.63) is 29.8 Å². The Morgan fingerprint density at radius 1 is 1.13 bits per heavy atom. The molecule has 4 bridgehead atoms. The molecule has 2 aliphatic heterocycles. The molecule has 2 saturated heterocycles. The summed E-state index contributed by atoms with van der Waals surface area (Å²) in [5.74, 6) is 0.0274. The van der Waals surface area contributed by atoms with Crippen LogP contribution < -0.4 is 4.74 Å². The molecular weight excluding hydrogens is 502 g/mol. The lowest BCUT2D eigenvalue weighted by atomic mass is 9.58. The fourth-order valence-electron chi connectivity index (χ4n) is 6.69. The van der Waals surface area contributed by atoms with E-state index in [4.69, 9.17) is 23.7 Å². The van der Waals surface area contributed by atoms with Gasteiger partial charge in [-0.3, -0.25) is 4.79 Å². The van der Waals surface area contributed by atoms with E-state index in [2.05, 4.69) is 6.07 Å². The number of amides is 2. The standard InChI is InChI=1S/C29H41N3O7/c1-28(2,3)39-27(34)31-12-10-24-23-16-21(17-30)25(31)29(24,11-13-37-19-38-15-14-35-4)32(26(23)33)18-20-6-8-22(36-5)9-7-20/h6-9,21,23-25H,10-16,18-19H2,1-5H3/t21?,23-,24-,25+,29+/m1/s1. The van der Waals surface area contributed by atoms with E-state index in [0.717, 1.165) is 11.3 Å².